The molecule has 11 nitrogen and oxygen atoms in total. The van der Waals surface area contributed by atoms with E-state index in [0.29, 0.717) is 82.0 Å². The van der Waals surface area contributed by atoms with E-state index >= 15 is 0 Å². The number of aromatic nitrogens is 2. The molecule has 0 spiro atoms. The van der Waals surface area contributed by atoms with Crippen molar-refractivity contribution in [2.45, 2.75) is 32.4 Å². The first kappa shape index (κ1) is 36.1. The van der Waals surface area contributed by atoms with Crippen LogP contribution in [0.4, 0.5) is 9.93 Å². The van der Waals surface area contributed by atoms with E-state index in [4.69, 9.17) is 37.9 Å². The number of carbonyl (C=O) groups excluding carboxylic acids is 2. The smallest absolute Gasteiger partial charge is 0.338 e. The monoisotopic (exact) mass is 777 g/mol. The van der Waals surface area contributed by atoms with Crippen LogP contribution in [0.3, 0.4) is 0 Å². The van der Waals surface area contributed by atoms with Crippen LogP contribution in [0.25, 0.3) is 11.3 Å². The van der Waals surface area contributed by atoms with Gasteiger partial charge in [-0.15, -0.1) is 22.7 Å². The molecule has 2 atom stereocenters. The highest BCUT2D eigenvalue weighted by Crippen LogP contribution is 2.38. The van der Waals surface area contributed by atoms with Gasteiger partial charge in [0.1, 0.15) is 6.04 Å². The molecule has 0 aliphatic carbocycles. The van der Waals surface area contributed by atoms with Crippen LogP contribution in [0.2, 0.25) is 10.0 Å². The van der Waals surface area contributed by atoms with Gasteiger partial charge in [0.15, 0.2) is 16.0 Å². The third-order valence-electron chi connectivity index (χ3n) is 9.64. The summed E-state index contributed by atoms with van der Waals surface area (Å²) < 4.78 is 5.28. The number of benzene rings is 2. The third kappa shape index (κ3) is 7.20. The van der Waals surface area contributed by atoms with E-state index in [1.165, 1.54) is 29.8 Å². The Kier molecular flexibility index (Phi) is 10.2. The second kappa shape index (κ2) is 14.6. The summed E-state index contributed by atoms with van der Waals surface area (Å²) in [6.07, 6.45) is 2.37. The summed E-state index contributed by atoms with van der Waals surface area (Å²) >= 11 is 15.8. The average Bonchev–Trinajstić information content (AvgIpc) is 3.89. The summed E-state index contributed by atoms with van der Waals surface area (Å²) in [4.78, 5) is 47.2. The zero-order valence-corrected chi connectivity index (χ0v) is 32.0. The molecule has 2 aromatic carbocycles. The first-order chi connectivity index (χ1) is 24.9. The molecular weight excluding hydrogens is 741 g/mol. The van der Waals surface area contributed by atoms with Crippen LogP contribution < -0.4 is 10.2 Å². The zero-order valence-electron chi connectivity index (χ0n) is 28.8. The minimum absolute atomic E-state index is 0.0618. The van der Waals surface area contributed by atoms with E-state index in [1.54, 1.807) is 29.3 Å². The minimum Gasteiger partial charge on any atom is -0.512 e. The number of allylic oxidation sites excluding steroid dienone is 1. The maximum absolute atomic E-state index is 13.7. The van der Waals surface area contributed by atoms with Crippen LogP contribution in [0.15, 0.2) is 88.0 Å². The van der Waals surface area contributed by atoms with Crippen LogP contribution in [0.5, 0.6) is 0 Å². The Labute approximate surface area is 319 Å². The molecule has 15 heteroatoms. The van der Waals surface area contributed by atoms with Gasteiger partial charge in [0, 0.05) is 75.4 Å². The van der Waals surface area contributed by atoms with Gasteiger partial charge in [-0.2, -0.15) is 0 Å². The van der Waals surface area contributed by atoms with E-state index < -0.39 is 17.4 Å². The lowest BCUT2D eigenvalue weighted by Crippen LogP contribution is -2.53. The molecule has 270 valence electrons. The van der Waals surface area contributed by atoms with Crippen molar-refractivity contribution in [3.63, 3.8) is 0 Å². The van der Waals surface area contributed by atoms with Crippen molar-refractivity contribution < 1.29 is 19.4 Å². The quantitative estimate of drug-likeness (QED) is 0.127. The number of ether oxygens (including phenoxy) is 1. The van der Waals surface area contributed by atoms with Crippen molar-refractivity contribution in [1.82, 2.24) is 25.1 Å². The third-order valence-corrected chi connectivity index (χ3v) is 11.8. The van der Waals surface area contributed by atoms with Crippen molar-refractivity contribution in [2.75, 3.05) is 44.7 Å². The fourth-order valence-corrected chi connectivity index (χ4v) is 8.63. The van der Waals surface area contributed by atoms with Crippen LogP contribution in [0, 0.1) is 5.41 Å². The minimum atomic E-state index is -0.750. The van der Waals surface area contributed by atoms with Gasteiger partial charge in [-0.1, -0.05) is 74.0 Å². The first-order valence-corrected chi connectivity index (χ1v) is 19.2. The van der Waals surface area contributed by atoms with Crippen molar-refractivity contribution in [2.24, 2.45) is 10.4 Å². The number of halogens is 2. The van der Waals surface area contributed by atoms with Gasteiger partial charge < -0.3 is 20.1 Å². The molecule has 2 fully saturated rings. The van der Waals surface area contributed by atoms with Gasteiger partial charge >= 0.3 is 12.0 Å². The highest BCUT2D eigenvalue weighted by molar-refractivity contribution is 7.14. The molecule has 0 radical (unpaired) electrons. The van der Waals surface area contributed by atoms with Gasteiger partial charge in [0.2, 0.25) is 0 Å². The zero-order chi connectivity index (χ0) is 36.7. The topological polar surface area (TPSA) is 123 Å². The Morgan fingerprint density at radius 3 is 2.62 bits per heavy atom. The van der Waals surface area contributed by atoms with Gasteiger partial charge in [0.05, 0.1) is 36.7 Å². The second-order valence-corrected chi connectivity index (χ2v) is 16.2. The summed E-state index contributed by atoms with van der Waals surface area (Å²) in [6, 6.07) is 12.4. The molecule has 7 rings (SSSR count). The molecular formula is C37H37Cl2N7O4S2. The molecule has 3 aliphatic rings. The largest absolute Gasteiger partial charge is 0.512 e. The molecule has 2 saturated heterocycles. The summed E-state index contributed by atoms with van der Waals surface area (Å²) in [7, 11) is 1.35. The SMILES string of the molecule is C=C(O)C(C)(C)Cc1ccc(-c2csc(N3C[C@@H]4CN(CC5=C(C(=O)OC)[C@H](c6ccc(Cl)cc6Cl)N=C(c6nccs6)N5)CCN4C3=O)n2)cc1. The lowest BCUT2D eigenvalue weighted by atomic mass is 9.84. The Bertz CT molecular complexity index is 2080. The predicted molar refractivity (Wildman–Crippen MR) is 207 cm³/mol. The van der Waals surface area contributed by atoms with Crippen molar-refractivity contribution in [3.8, 4) is 11.3 Å². The maximum atomic E-state index is 13.7. The standard InChI is InChI=1S/C37H37Cl2N7O4S2/c1-21(47)37(2,3)16-22-5-7-23(8-6-22)29-20-52-35(42-29)46-18-25-17-44(12-13-45(25)36(46)49)19-28-30(34(48)50-4)31(26-10-9-24(38)15-27(26)39)43-32(41-28)33-40-11-14-51-33/h5-11,14-15,20,25,31,47H,1,12-13,16-19H2,2-4H3,(H,41,43)/t25-,31-/m0/s1. The molecule has 3 aliphatic heterocycles. The molecule has 5 heterocycles. The number of fused-ring (bicyclic) bond motifs is 1. The number of rotatable bonds is 10. The molecule has 0 saturated carbocycles. The van der Waals surface area contributed by atoms with Crippen LogP contribution in [-0.4, -0.2) is 88.6 Å². The molecule has 0 unspecified atom stereocenters. The molecule has 4 aromatic rings. The molecule has 52 heavy (non-hydrogen) atoms. The lowest BCUT2D eigenvalue weighted by Gasteiger charge is -2.38. The Hall–Kier alpha value is -4.27. The highest BCUT2D eigenvalue weighted by atomic mass is 35.5. The number of aliphatic hydroxyl groups is 1. The van der Waals surface area contributed by atoms with Crippen LogP contribution in [0.1, 0.15) is 36.0 Å². The Morgan fingerprint density at radius 1 is 1.13 bits per heavy atom. The van der Waals surface area contributed by atoms with Gasteiger partial charge in [-0.25, -0.2) is 19.6 Å². The van der Waals surface area contributed by atoms with Crippen molar-refractivity contribution >= 4 is 68.8 Å². The number of piperazine rings is 1. The van der Waals surface area contributed by atoms with Gasteiger partial charge in [-0.3, -0.25) is 14.8 Å². The summed E-state index contributed by atoms with van der Waals surface area (Å²) in [5.74, 6) is 0.173. The molecule has 2 amide bonds. The van der Waals surface area contributed by atoms with E-state index in [9.17, 15) is 14.7 Å². The molecule has 2 aromatic heterocycles. The summed E-state index contributed by atoms with van der Waals surface area (Å²) in [5, 5.41) is 19.4. The number of esters is 1. The number of carbonyl (C=O) groups is 2. The number of hydrogen-bond donors (Lipinski definition) is 2. The number of thiazole rings is 2. The number of aliphatic hydroxyl groups excluding tert-OH is 1. The number of urea groups is 1. The van der Waals surface area contributed by atoms with Crippen LogP contribution in [-0.2, 0) is 16.0 Å². The fourth-order valence-electron chi connectivity index (χ4n) is 6.69. The Morgan fingerprint density at radius 2 is 1.92 bits per heavy atom. The molecule has 0 bridgehead atoms. The van der Waals surface area contributed by atoms with E-state index in [-0.39, 0.29) is 17.8 Å². The van der Waals surface area contributed by atoms with E-state index in [1.807, 2.05) is 53.8 Å². The number of amidine groups is 1. The van der Waals surface area contributed by atoms with E-state index in [0.717, 1.165) is 16.8 Å². The molecule has 2 N–H and O–H groups in total. The number of nitrogens with one attached hydrogen (secondary N) is 1. The van der Waals surface area contributed by atoms with Crippen LogP contribution >= 0.6 is 45.9 Å². The first-order valence-electron chi connectivity index (χ1n) is 16.7. The maximum Gasteiger partial charge on any atom is 0.338 e. The Balaban J connectivity index is 1.09. The van der Waals surface area contributed by atoms with E-state index in [2.05, 4.69) is 21.8 Å². The summed E-state index contributed by atoms with van der Waals surface area (Å²) in [5.41, 5.74) is 4.03. The van der Waals surface area contributed by atoms with Crippen molar-refractivity contribution in [1.29, 1.82) is 0 Å². The normalized spacial score (nSPS) is 19.4. The number of anilines is 1. The lowest BCUT2D eigenvalue weighted by molar-refractivity contribution is -0.136. The number of aliphatic imine (C=N–C) groups is 1. The average molecular weight is 779 g/mol. The summed E-state index contributed by atoms with van der Waals surface area (Å²) in [6.45, 7) is 10.2. The number of amides is 2. The fraction of sp³-hybridized carbons (Fsp3) is 0.324. The predicted octanol–water partition coefficient (Wildman–Crippen LogP) is 7.36. The van der Waals surface area contributed by atoms with Gasteiger partial charge in [0.25, 0.3) is 0 Å². The highest BCUT2D eigenvalue weighted by Gasteiger charge is 2.43. The van der Waals surface area contributed by atoms with Crippen molar-refractivity contribution in [3.05, 3.63) is 109 Å². The number of methoxy groups -OCH3 is 1. The number of hydrogen-bond acceptors (Lipinski definition) is 11. The second-order valence-electron chi connectivity index (χ2n) is 13.6. The van der Waals surface area contributed by atoms with Gasteiger partial charge in [-0.05, 0) is 24.1 Å². The number of nitrogens with zero attached hydrogens (tertiary/aromatic N) is 6.